The minimum absolute atomic E-state index is 0.114. The Hall–Kier alpha value is -3.93. The van der Waals surface area contributed by atoms with Crippen molar-refractivity contribution in [3.05, 3.63) is 107 Å². The fourth-order valence-electron chi connectivity index (χ4n) is 4.90. The minimum atomic E-state index is -0.950. The van der Waals surface area contributed by atoms with Gasteiger partial charge in [0.05, 0.1) is 12.5 Å². The molecule has 0 bridgehead atoms. The summed E-state index contributed by atoms with van der Waals surface area (Å²) in [6.07, 6.45) is 0.975. The van der Waals surface area contributed by atoms with Crippen LogP contribution in [-0.2, 0) is 19.7 Å². The molecule has 6 heteroatoms. The van der Waals surface area contributed by atoms with Crippen LogP contribution in [0.25, 0.3) is 0 Å². The highest BCUT2D eigenvalue weighted by molar-refractivity contribution is 5.94. The Kier molecular flexibility index (Phi) is 7.60. The average molecular weight is 471 g/mol. The molecule has 0 radical (unpaired) electrons. The number of carbonyl (C=O) groups excluding carboxylic acids is 3. The molecule has 3 aromatic rings. The minimum Gasteiger partial charge on any atom is -0.465 e. The molecule has 2 N–H and O–H groups in total. The Labute approximate surface area is 205 Å². The van der Waals surface area contributed by atoms with Gasteiger partial charge in [0.2, 0.25) is 5.91 Å². The second-order valence-electron chi connectivity index (χ2n) is 8.58. The van der Waals surface area contributed by atoms with Crippen LogP contribution in [0.15, 0.2) is 84.9 Å². The van der Waals surface area contributed by atoms with Crippen LogP contribution in [0.1, 0.15) is 52.7 Å². The molecule has 0 spiro atoms. The molecule has 180 valence electrons. The first-order valence-electron chi connectivity index (χ1n) is 12.0. The van der Waals surface area contributed by atoms with Crippen molar-refractivity contribution in [2.24, 2.45) is 0 Å². The van der Waals surface area contributed by atoms with Crippen LogP contribution in [0.5, 0.6) is 0 Å². The fraction of sp³-hybridized carbons (Fsp3) is 0.276. The van der Waals surface area contributed by atoms with Gasteiger partial charge in [0, 0.05) is 18.7 Å². The number of hydrogen-bond donors (Lipinski definition) is 2. The van der Waals surface area contributed by atoms with Gasteiger partial charge in [-0.1, -0.05) is 72.8 Å². The molecule has 35 heavy (non-hydrogen) atoms. The molecule has 3 aromatic carbocycles. The highest BCUT2D eigenvalue weighted by atomic mass is 16.5. The summed E-state index contributed by atoms with van der Waals surface area (Å²) in [4.78, 5) is 38.8. The monoisotopic (exact) mass is 470 g/mol. The van der Waals surface area contributed by atoms with Crippen LogP contribution in [-0.4, -0.2) is 37.5 Å². The SMILES string of the molecule is CCOC(=O)C1(c2ccccc2)CCC(C(=O)NCCNC(=O)c2ccccc2)c2ccccc21. The molecule has 0 heterocycles. The highest BCUT2D eigenvalue weighted by Gasteiger charge is 2.49. The summed E-state index contributed by atoms with van der Waals surface area (Å²) in [6, 6.07) is 26.3. The van der Waals surface area contributed by atoms with Crippen LogP contribution in [0.2, 0.25) is 0 Å². The van der Waals surface area contributed by atoms with Crippen molar-refractivity contribution in [3.8, 4) is 0 Å². The van der Waals surface area contributed by atoms with E-state index in [1.165, 1.54) is 0 Å². The Morgan fingerprint density at radius 3 is 2.20 bits per heavy atom. The van der Waals surface area contributed by atoms with E-state index in [0.717, 1.165) is 16.7 Å². The second-order valence-corrected chi connectivity index (χ2v) is 8.58. The molecular formula is C29H30N2O4. The van der Waals surface area contributed by atoms with Crippen LogP contribution in [0, 0.1) is 0 Å². The number of nitrogens with one attached hydrogen (secondary N) is 2. The Balaban J connectivity index is 1.51. The summed E-state index contributed by atoms with van der Waals surface area (Å²) in [5, 5.41) is 5.78. The number of esters is 1. The molecule has 1 aliphatic carbocycles. The number of rotatable bonds is 8. The molecule has 0 aromatic heterocycles. The van der Waals surface area contributed by atoms with Crippen molar-refractivity contribution in [1.82, 2.24) is 10.6 Å². The Morgan fingerprint density at radius 2 is 1.49 bits per heavy atom. The predicted octanol–water partition coefficient (Wildman–Crippen LogP) is 3.96. The van der Waals surface area contributed by atoms with E-state index in [9.17, 15) is 14.4 Å². The number of carbonyl (C=O) groups is 3. The topological polar surface area (TPSA) is 84.5 Å². The number of fused-ring (bicyclic) bond motifs is 1. The van der Waals surface area contributed by atoms with Gasteiger partial charge in [-0.25, -0.2) is 0 Å². The van der Waals surface area contributed by atoms with Crippen molar-refractivity contribution in [2.75, 3.05) is 19.7 Å². The molecular weight excluding hydrogens is 440 g/mol. The third-order valence-corrected chi connectivity index (χ3v) is 6.56. The predicted molar refractivity (Wildman–Crippen MR) is 134 cm³/mol. The third-order valence-electron chi connectivity index (χ3n) is 6.56. The van der Waals surface area contributed by atoms with Gasteiger partial charge in [0.25, 0.3) is 5.91 Å². The first kappa shape index (κ1) is 24.2. The number of ether oxygens (including phenoxy) is 1. The lowest BCUT2D eigenvalue weighted by atomic mass is 9.63. The van der Waals surface area contributed by atoms with Crippen LogP contribution in [0.3, 0.4) is 0 Å². The number of hydrogen-bond acceptors (Lipinski definition) is 4. The largest absolute Gasteiger partial charge is 0.465 e. The number of benzene rings is 3. The maximum atomic E-state index is 13.4. The summed E-state index contributed by atoms with van der Waals surface area (Å²) < 4.78 is 5.55. The van der Waals surface area contributed by atoms with Crippen LogP contribution in [0.4, 0.5) is 0 Å². The summed E-state index contributed by atoms with van der Waals surface area (Å²) in [5.41, 5.74) is 2.15. The lowest BCUT2D eigenvalue weighted by molar-refractivity contribution is -0.149. The molecule has 2 amide bonds. The maximum Gasteiger partial charge on any atom is 0.321 e. The standard InChI is InChI=1S/C29H30N2O4/c1-2-35-28(34)29(22-13-7-4-8-14-22)18-17-24(23-15-9-10-16-25(23)29)27(33)31-20-19-30-26(32)21-11-5-3-6-12-21/h3-16,24H,2,17-20H2,1H3,(H,30,32)(H,31,33). The van der Waals surface area contributed by atoms with E-state index in [0.29, 0.717) is 31.5 Å². The molecule has 6 nitrogen and oxygen atoms in total. The van der Waals surface area contributed by atoms with Crippen LogP contribution < -0.4 is 10.6 Å². The Morgan fingerprint density at radius 1 is 0.857 bits per heavy atom. The summed E-state index contributed by atoms with van der Waals surface area (Å²) in [6.45, 7) is 2.73. The Bertz CT molecular complexity index is 1180. The zero-order valence-corrected chi connectivity index (χ0v) is 19.8. The van der Waals surface area contributed by atoms with E-state index in [1.807, 2.05) is 72.8 Å². The van der Waals surface area contributed by atoms with E-state index in [1.54, 1.807) is 19.1 Å². The zero-order chi connectivity index (χ0) is 24.7. The molecule has 0 saturated carbocycles. The van der Waals surface area contributed by atoms with Gasteiger partial charge in [-0.3, -0.25) is 14.4 Å². The molecule has 1 aliphatic rings. The summed E-state index contributed by atoms with van der Waals surface area (Å²) >= 11 is 0. The molecule has 0 fully saturated rings. The van der Waals surface area contributed by atoms with Crippen LogP contribution >= 0.6 is 0 Å². The average Bonchev–Trinajstić information content (AvgIpc) is 2.91. The molecule has 2 atom stereocenters. The zero-order valence-electron chi connectivity index (χ0n) is 19.8. The molecule has 0 aliphatic heterocycles. The molecule has 4 rings (SSSR count). The normalized spacial score (nSPS) is 18.7. The second kappa shape index (κ2) is 11.0. The summed E-state index contributed by atoms with van der Waals surface area (Å²) in [5.74, 6) is -0.967. The third kappa shape index (κ3) is 4.97. The van der Waals surface area contributed by atoms with Gasteiger partial charge in [0.1, 0.15) is 5.41 Å². The lowest BCUT2D eigenvalue weighted by Crippen LogP contribution is -2.45. The van der Waals surface area contributed by atoms with Crippen molar-refractivity contribution >= 4 is 17.8 Å². The van der Waals surface area contributed by atoms with Gasteiger partial charge >= 0.3 is 5.97 Å². The van der Waals surface area contributed by atoms with Crippen molar-refractivity contribution in [1.29, 1.82) is 0 Å². The van der Waals surface area contributed by atoms with Crippen molar-refractivity contribution in [2.45, 2.75) is 31.1 Å². The van der Waals surface area contributed by atoms with Gasteiger partial charge < -0.3 is 15.4 Å². The molecule has 2 unspecified atom stereocenters. The molecule has 0 saturated heterocycles. The van der Waals surface area contributed by atoms with Crippen molar-refractivity contribution < 1.29 is 19.1 Å². The quantitative estimate of drug-likeness (QED) is 0.386. The lowest BCUT2D eigenvalue weighted by Gasteiger charge is -2.40. The smallest absolute Gasteiger partial charge is 0.321 e. The van der Waals surface area contributed by atoms with Gasteiger partial charge in [-0.15, -0.1) is 0 Å². The van der Waals surface area contributed by atoms with Crippen molar-refractivity contribution in [3.63, 3.8) is 0 Å². The van der Waals surface area contributed by atoms with Gasteiger partial charge in [0.15, 0.2) is 0 Å². The van der Waals surface area contributed by atoms with E-state index in [2.05, 4.69) is 10.6 Å². The fourth-order valence-corrected chi connectivity index (χ4v) is 4.90. The van der Waals surface area contributed by atoms with Gasteiger partial charge in [-0.05, 0) is 48.6 Å². The highest BCUT2D eigenvalue weighted by Crippen LogP contribution is 2.47. The van der Waals surface area contributed by atoms with E-state index >= 15 is 0 Å². The summed E-state index contributed by atoms with van der Waals surface area (Å²) in [7, 11) is 0. The van der Waals surface area contributed by atoms with E-state index in [-0.39, 0.29) is 30.3 Å². The van der Waals surface area contributed by atoms with E-state index in [4.69, 9.17) is 4.74 Å². The van der Waals surface area contributed by atoms with E-state index < -0.39 is 5.41 Å². The first-order valence-corrected chi connectivity index (χ1v) is 12.0. The maximum absolute atomic E-state index is 13.4. The number of amides is 2. The van der Waals surface area contributed by atoms with Gasteiger partial charge in [-0.2, -0.15) is 0 Å². The first-order chi connectivity index (χ1) is 17.1.